The summed E-state index contributed by atoms with van der Waals surface area (Å²) in [4.78, 5) is 13.4. The van der Waals surface area contributed by atoms with E-state index in [0.717, 1.165) is 17.8 Å². The summed E-state index contributed by atoms with van der Waals surface area (Å²) < 4.78 is 0. The molecule has 20 heavy (non-hydrogen) atoms. The van der Waals surface area contributed by atoms with Crippen molar-refractivity contribution in [2.45, 2.75) is 71.4 Å². The molecular weight excluding hydrogens is 250 g/mol. The van der Waals surface area contributed by atoms with Gasteiger partial charge in [-0.3, -0.25) is 9.69 Å². The van der Waals surface area contributed by atoms with E-state index < -0.39 is 5.97 Å². The first-order valence-corrected chi connectivity index (χ1v) is 8.37. The predicted molar refractivity (Wildman–Crippen MR) is 79.5 cm³/mol. The van der Waals surface area contributed by atoms with Crippen molar-refractivity contribution in [1.82, 2.24) is 4.90 Å². The van der Waals surface area contributed by atoms with Gasteiger partial charge in [0.05, 0.1) is 6.54 Å². The van der Waals surface area contributed by atoms with Crippen LogP contribution in [0.1, 0.15) is 59.3 Å². The molecule has 3 heteroatoms. The van der Waals surface area contributed by atoms with Gasteiger partial charge in [0.25, 0.3) is 0 Å². The number of aliphatic carboxylic acids is 1. The first kappa shape index (κ1) is 14.4. The zero-order valence-corrected chi connectivity index (χ0v) is 13.1. The van der Waals surface area contributed by atoms with Crippen LogP contribution < -0.4 is 0 Å². The van der Waals surface area contributed by atoms with Crippen LogP contribution in [0.5, 0.6) is 0 Å². The highest BCUT2D eigenvalue weighted by molar-refractivity contribution is 5.69. The van der Waals surface area contributed by atoms with Crippen molar-refractivity contribution in [2.75, 3.05) is 6.54 Å². The lowest BCUT2D eigenvalue weighted by molar-refractivity contribution is -0.144. The molecule has 4 fully saturated rings. The first-order chi connectivity index (χ1) is 9.39. The Morgan fingerprint density at radius 3 is 1.90 bits per heavy atom. The molecule has 4 rings (SSSR count). The molecule has 0 aromatic rings. The van der Waals surface area contributed by atoms with Crippen LogP contribution in [0.25, 0.3) is 0 Å². The molecular formula is C17H29NO2. The Morgan fingerprint density at radius 1 is 1.10 bits per heavy atom. The van der Waals surface area contributed by atoms with E-state index in [0.29, 0.717) is 17.5 Å². The van der Waals surface area contributed by atoms with Gasteiger partial charge in [-0.1, -0.05) is 0 Å². The van der Waals surface area contributed by atoms with Crippen LogP contribution in [0, 0.1) is 23.2 Å². The summed E-state index contributed by atoms with van der Waals surface area (Å²) in [5.74, 6) is 2.11. The zero-order valence-electron chi connectivity index (χ0n) is 13.1. The van der Waals surface area contributed by atoms with Gasteiger partial charge in [0.15, 0.2) is 0 Å². The third kappa shape index (κ3) is 2.38. The van der Waals surface area contributed by atoms with Crippen LogP contribution in [-0.4, -0.2) is 34.6 Å². The van der Waals surface area contributed by atoms with Gasteiger partial charge in [0.2, 0.25) is 0 Å². The third-order valence-electron chi connectivity index (χ3n) is 6.45. The average molecular weight is 279 g/mol. The van der Waals surface area contributed by atoms with Crippen LogP contribution in [0.2, 0.25) is 0 Å². The fourth-order valence-corrected chi connectivity index (χ4v) is 5.96. The lowest BCUT2D eigenvalue weighted by Crippen LogP contribution is -2.58. The number of carboxylic acids is 1. The van der Waals surface area contributed by atoms with Crippen molar-refractivity contribution < 1.29 is 9.90 Å². The molecule has 0 aliphatic heterocycles. The summed E-state index contributed by atoms with van der Waals surface area (Å²) in [6.45, 7) is 6.77. The minimum Gasteiger partial charge on any atom is -0.480 e. The molecule has 0 saturated heterocycles. The Bertz CT molecular complexity index is 355. The van der Waals surface area contributed by atoms with Gasteiger partial charge >= 0.3 is 5.97 Å². The van der Waals surface area contributed by atoms with Gasteiger partial charge < -0.3 is 5.11 Å². The molecule has 1 atom stereocenters. The highest BCUT2D eigenvalue weighted by Crippen LogP contribution is 2.62. The lowest BCUT2D eigenvalue weighted by atomic mass is 9.47. The van der Waals surface area contributed by atoms with Crippen molar-refractivity contribution in [1.29, 1.82) is 0 Å². The molecule has 4 aliphatic carbocycles. The summed E-state index contributed by atoms with van der Waals surface area (Å²) in [6.07, 6.45) is 8.40. The molecule has 0 amide bonds. The second kappa shape index (κ2) is 5.01. The Morgan fingerprint density at radius 2 is 1.55 bits per heavy atom. The Kier molecular flexibility index (Phi) is 3.60. The Hall–Kier alpha value is -0.570. The molecule has 1 N–H and O–H groups in total. The monoisotopic (exact) mass is 279 g/mol. The molecule has 3 nitrogen and oxygen atoms in total. The van der Waals surface area contributed by atoms with Crippen LogP contribution in [0.3, 0.4) is 0 Å². The third-order valence-corrected chi connectivity index (χ3v) is 6.45. The number of rotatable bonds is 5. The molecule has 4 aliphatic rings. The number of carboxylic acid groups (broad SMARTS) is 1. The molecule has 0 aromatic carbocycles. The number of carbonyl (C=O) groups is 1. The molecule has 1 unspecified atom stereocenters. The van der Waals surface area contributed by atoms with E-state index in [1.54, 1.807) is 0 Å². The Labute approximate surface area is 122 Å². The van der Waals surface area contributed by atoms with Crippen molar-refractivity contribution in [3.63, 3.8) is 0 Å². The van der Waals surface area contributed by atoms with Crippen molar-refractivity contribution in [2.24, 2.45) is 23.2 Å². The van der Waals surface area contributed by atoms with E-state index in [9.17, 15) is 9.90 Å². The molecule has 4 bridgehead atoms. The summed E-state index contributed by atoms with van der Waals surface area (Å²) >= 11 is 0. The zero-order chi connectivity index (χ0) is 14.5. The van der Waals surface area contributed by atoms with Crippen LogP contribution in [0.15, 0.2) is 0 Å². The number of hydrogen-bond donors (Lipinski definition) is 1. The second-order valence-electron chi connectivity index (χ2n) is 8.12. The average Bonchev–Trinajstić information content (AvgIpc) is 2.33. The standard InChI is InChI=1S/C17H29NO2/c1-11(2)18(10-16(19)20)12(3)17-7-13-4-14(8-17)6-15(5-13)9-17/h11-15H,4-10H2,1-3H3,(H,19,20). The quantitative estimate of drug-likeness (QED) is 0.838. The molecule has 114 valence electrons. The summed E-state index contributed by atoms with van der Waals surface area (Å²) in [5.41, 5.74) is 0.411. The molecule has 0 spiro atoms. The minimum absolute atomic E-state index is 0.195. The van der Waals surface area contributed by atoms with Gasteiger partial charge in [-0.15, -0.1) is 0 Å². The van der Waals surface area contributed by atoms with Gasteiger partial charge in [0.1, 0.15) is 0 Å². The highest BCUT2D eigenvalue weighted by Gasteiger charge is 2.54. The lowest BCUT2D eigenvalue weighted by Gasteiger charge is -2.60. The van der Waals surface area contributed by atoms with E-state index in [4.69, 9.17) is 0 Å². The maximum absolute atomic E-state index is 11.2. The van der Waals surface area contributed by atoms with E-state index in [1.165, 1.54) is 38.5 Å². The summed E-state index contributed by atoms with van der Waals surface area (Å²) in [7, 11) is 0. The van der Waals surface area contributed by atoms with Crippen molar-refractivity contribution in [3.8, 4) is 0 Å². The second-order valence-corrected chi connectivity index (χ2v) is 8.12. The van der Waals surface area contributed by atoms with E-state index in [-0.39, 0.29) is 6.54 Å². The topological polar surface area (TPSA) is 40.5 Å². The van der Waals surface area contributed by atoms with E-state index >= 15 is 0 Å². The van der Waals surface area contributed by atoms with Crippen LogP contribution in [0.4, 0.5) is 0 Å². The van der Waals surface area contributed by atoms with E-state index in [1.807, 2.05) is 0 Å². The molecule has 0 heterocycles. The SMILES string of the molecule is CC(C)N(CC(=O)O)C(C)C12CC3CC(CC(C3)C1)C2. The van der Waals surface area contributed by atoms with Crippen LogP contribution in [-0.2, 0) is 4.79 Å². The minimum atomic E-state index is -0.685. The van der Waals surface area contributed by atoms with Gasteiger partial charge in [0, 0.05) is 12.1 Å². The highest BCUT2D eigenvalue weighted by atomic mass is 16.4. The van der Waals surface area contributed by atoms with Gasteiger partial charge in [-0.25, -0.2) is 0 Å². The van der Waals surface area contributed by atoms with Crippen molar-refractivity contribution >= 4 is 5.97 Å². The smallest absolute Gasteiger partial charge is 0.317 e. The first-order valence-electron chi connectivity index (χ1n) is 8.37. The largest absolute Gasteiger partial charge is 0.480 e. The number of nitrogens with zero attached hydrogens (tertiary/aromatic N) is 1. The van der Waals surface area contributed by atoms with Gasteiger partial charge in [-0.2, -0.15) is 0 Å². The summed E-state index contributed by atoms with van der Waals surface area (Å²) in [5, 5.41) is 9.22. The number of hydrogen-bond acceptors (Lipinski definition) is 2. The maximum Gasteiger partial charge on any atom is 0.317 e. The fourth-order valence-electron chi connectivity index (χ4n) is 5.96. The van der Waals surface area contributed by atoms with Crippen LogP contribution >= 0.6 is 0 Å². The molecule has 0 radical (unpaired) electrons. The van der Waals surface area contributed by atoms with Crippen molar-refractivity contribution in [3.05, 3.63) is 0 Å². The maximum atomic E-state index is 11.2. The normalized spacial score (nSPS) is 40.5. The fraction of sp³-hybridized carbons (Fsp3) is 0.941. The summed E-state index contributed by atoms with van der Waals surface area (Å²) in [6, 6.07) is 0.723. The Balaban J connectivity index is 1.81. The van der Waals surface area contributed by atoms with E-state index in [2.05, 4.69) is 25.7 Å². The molecule has 0 aromatic heterocycles. The van der Waals surface area contributed by atoms with Gasteiger partial charge in [-0.05, 0) is 82.5 Å². The molecule has 4 saturated carbocycles. The predicted octanol–water partition coefficient (Wildman–Crippen LogP) is 3.39.